The standard InChI is InChI=1S/C6H14N2O2S/c1-4-5-7-11(9,10)8-6(2)3/h4-8H,1-3H3. The van der Waals surface area contributed by atoms with E-state index in [1.54, 1.807) is 26.8 Å². The maximum Gasteiger partial charge on any atom is 0.298 e. The van der Waals surface area contributed by atoms with Gasteiger partial charge in [-0.25, -0.2) is 0 Å². The van der Waals surface area contributed by atoms with Crippen LogP contribution in [-0.2, 0) is 10.2 Å². The summed E-state index contributed by atoms with van der Waals surface area (Å²) in [4.78, 5) is 0. The third-order valence-corrected chi connectivity index (χ3v) is 2.01. The lowest BCUT2D eigenvalue weighted by Gasteiger charge is -2.07. The Balaban J connectivity index is 4.02. The highest BCUT2D eigenvalue weighted by Gasteiger charge is 2.06. The molecule has 0 unspecified atom stereocenters. The molecule has 0 fully saturated rings. The van der Waals surface area contributed by atoms with Crippen LogP contribution in [0.5, 0.6) is 0 Å². The Hall–Kier alpha value is -0.550. The first kappa shape index (κ1) is 10.4. The highest BCUT2D eigenvalue weighted by molar-refractivity contribution is 7.87. The summed E-state index contributed by atoms with van der Waals surface area (Å²) in [7, 11) is -3.33. The monoisotopic (exact) mass is 178 g/mol. The van der Waals surface area contributed by atoms with Crippen LogP contribution in [0.1, 0.15) is 20.8 Å². The van der Waals surface area contributed by atoms with Crippen molar-refractivity contribution in [2.45, 2.75) is 26.8 Å². The maximum absolute atomic E-state index is 10.9. The summed E-state index contributed by atoms with van der Waals surface area (Å²) in [5.74, 6) is 0. The maximum atomic E-state index is 10.9. The second kappa shape index (κ2) is 4.35. The van der Waals surface area contributed by atoms with Crippen LogP contribution in [0.15, 0.2) is 12.3 Å². The van der Waals surface area contributed by atoms with Crippen molar-refractivity contribution in [2.24, 2.45) is 0 Å². The molecule has 0 saturated carbocycles. The fraction of sp³-hybridized carbons (Fsp3) is 0.667. The van der Waals surface area contributed by atoms with Crippen molar-refractivity contribution < 1.29 is 8.42 Å². The molecule has 0 bridgehead atoms. The van der Waals surface area contributed by atoms with Crippen LogP contribution in [0.2, 0.25) is 0 Å². The largest absolute Gasteiger partial charge is 0.298 e. The van der Waals surface area contributed by atoms with E-state index < -0.39 is 10.2 Å². The lowest BCUT2D eigenvalue weighted by molar-refractivity contribution is 0.564. The van der Waals surface area contributed by atoms with Crippen molar-refractivity contribution in [2.75, 3.05) is 0 Å². The normalized spacial score (nSPS) is 12.7. The third kappa shape index (κ3) is 5.87. The van der Waals surface area contributed by atoms with Crippen molar-refractivity contribution in [3.05, 3.63) is 12.3 Å². The molecule has 5 heteroatoms. The van der Waals surface area contributed by atoms with E-state index in [0.717, 1.165) is 0 Å². The van der Waals surface area contributed by atoms with Gasteiger partial charge in [0, 0.05) is 12.2 Å². The molecule has 0 aliphatic rings. The van der Waals surface area contributed by atoms with Gasteiger partial charge in [0.15, 0.2) is 0 Å². The highest BCUT2D eigenvalue weighted by Crippen LogP contribution is 1.82. The number of allylic oxidation sites excluding steroid dienone is 1. The second-order valence-corrected chi connectivity index (χ2v) is 3.87. The van der Waals surface area contributed by atoms with Crippen molar-refractivity contribution in [3.63, 3.8) is 0 Å². The predicted octanol–water partition coefficient (Wildman–Crippen LogP) is 0.352. The van der Waals surface area contributed by atoms with E-state index in [9.17, 15) is 8.42 Å². The Morgan fingerprint density at radius 2 is 1.91 bits per heavy atom. The molecule has 2 N–H and O–H groups in total. The molecule has 0 aromatic rings. The molecule has 0 atom stereocenters. The van der Waals surface area contributed by atoms with Crippen molar-refractivity contribution >= 4 is 10.2 Å². The van der Waals surface area contributed by atoms with Gasteiger partial charge in [0.2, 0.25) is 0 Å². The molecule has 0 spiro atoms. The van der Waals surface area contributed by atoms with Gasteiger partial charge in [-0.3, -0.25) is 4.72 Å². The van der Waals surface area contributed by atoms with Crippen molar-refractivity contribution in [1.29, 1.82) is 0 Å². The summed E-state index contributed by atoms with van der Waals surface area (Å²) < 4.78 is 26.4. The number of nitrogens with one attached hydrogen (secondary N) is 2. The van der Waals surface area contributed by atoms with Gasteiger partial charge in [-0.15, -0.1) is 0 Å². The fourth-order valence-corrected chi connectivity index (χ4v) is 1.51. The molecular weight excluding hydrogens is 164 g/mol. The van der Waals surface area contributed by atoms with Crippen LogP contribution < -0.4 is 9.44 Å². The molecule has 4 nitrogen and oxygen atoms in total. The van der Waals surface area contributed by atoms with Gasteiger partial charge in [-0.1, -0.05) is 6.08 Å². The minimum absolute atomic E-state index is 0.0854. The van der Waals surface area contributed by atoms with E-state index in [-0.39, 0.29) is 6.04 Å². The van der Waals surface area contributed by atoms with Crippen LogP contribution in [0, 0.1) is 0 Å². The summed E-state index contributed by atoms with van der Waals surface area (Å²) in [5.41, 5.74) is 0. The quantitative estimate of drug-likeness (QED) is 0.652. The van der Waals surface area contributed by atoms with E-state index in [0.29, 0.717) is 0 Å². The van der Waals surface area contributed by atoms with Gasteiger partial charge < -0.3 is 0 Å². The van der Waals surface area contributed by atoms with Crippen LogP contribution in [0.3, 0.4) is 0 Å². The minimum Gasteiger partial charge on any atom is -0.278 e. The zero-order chi connectivity index (χ0) is 8.91. The molecule has 0 heterocycles. The molecule has 0 aliphatic heterocycles. The first-order valence-corrected chi connectivity index (χ1v) is 4.87. The van der Waals surface area contributed by atoms with E-state index >= 15 is 0 Å². The second-order valence-electron chi connectivity index (χ2n) is 2.39. The zero-order valence-corrected chi connectivity index (χ0v) is 7.77. The molecule has 11 heavy (non-hydrogen) atoms. The molecular formula is C6H14N2O2S. The van der Waals surface area contributed by atoms with Gasteiger partial charge >= 0.3 is 0 Å². The molecule has 0 aromatic carbocycles. The van der Waals surface area contributed by atoms with Crippen LogP contribution in [0.4, 0.5) is 0 Å². The van der Waals surface area contributed by atoms with Crippen LogP contribution >= 0.6 is 0 Å². The fourth-order valence-electron chi connectivity index (χ4n) is 0.502. The van der Waals surface area contributed by atoms with Gasteiger partial charge in [0.1, 0.15) is 0 Å². The summed E-state index contributed by atoms with van der Waals surface area (Å²) in [6.45, 7) is 5.25. The van der Waals surface area contributed by atoms with E-state index in [1.807, 2.05) is 0 Å². The van der Waals surface area contributed by atoms with Gasteiger partial charge in [-0.05, 0) is 20.8 Å². The van der Waals surface area contributed by atoms with Crippen LogP contribution in [0.25, 0.3) is 0 Å². The molecule has 0 saturated heterocycles. The number of rotatable bonds is 4. The molecule has 0 radical (unpaired) electrons. The highest BCUT2D eigenvalue weighted by atomic mass is 32.2. The Bertz CT molecular complexity index is 219. The lowest BCUT2D eigenvalue weighted by atomic mass is 10.4. The average molecular weight is 178 g/mol. The molecule has 0 amide bonds. The Morgan fingerprint density at radius 1 is 1.36 bits per heavy atom. The summed E-state index contributed by atoms with van der Waals surface area (Å²) in [6.07, 6.45) is 2.98. The summed E-state index contributed by atoms with van der Waals surface area (Å²) >= 11 is 0. The Kier molecular flexibility index (Phi) is 4.14. The first-order valence-electron chi connectivity index (χ1n) is 3.38. The van der Waals surface area contributed by atoms with Crippen LogP contribution in [-0.4, -0.2) is 14.5 Å². The van der Waals surface area contributed by atoms with E-state index in [2.05, 4.69) is 9.44 Å². The minimum atomic E-state index is -3.33. The van der Waals surface area contributed by atoms with Crippen molar-refractivity contribution in [1.82, 2.24) is 9.44 Å². The van der Waals surface area contributed by atoms with Gasteiger partial charge in [-0.2, -0.15) is 13.1 Å². The van der Waals surface area contributed by atoms with E-state index in [1.165, 1.54) is 6.20 Å². The number of hydrogen-bond donors (Lipinski definition) is 2. The first-order chi connectivity index (χ1) is 4.98. The topological polar surface area (TPSA) is 58.2 Å². The zero-order valence-electron chi connectivity index (χ0n) is 6.96. The smallest absolute Gasteiger partial charge is 0.278 e. The molecule has 0 aliphatic carbocycles. The third-order valence-electron chi connectivity index (χ3n) is 0.781. The Morgan fingerprint density at radius 3 is 2.27 bits per heavy atom. The molecule has 0 aromatic heterocycles. The Labute approximate surface area is 67.9 Å². The summed E-state index contributed by atoms with van der Waals surface area (Å²) in [5, 5.41) is 0. The molecule has 0 rings (SSSR count). The SMILES string of the molecule is CC=CNS(=O)(=O)NC(C)C. The van der Waals surface area contributed by atoms with Gasteiger partial charge in [0.05, 0.1) is 0 Å². The molecule has 66 valence electrons. The summed E-state index contributed by atoms with van der Waals surface area (Å²) in [6, 6.07) is -0.0854. The average Bonchev–Trinajstić information content (AvgIpc) is 1.81. The van der Waals surface area contributed by atoms with Crippen molar-refractivity contribution in [3.8, 4) is 0 Å². The van der Waals surface area contributed by atoms with Gasteiger partial charge in [0.25, 0.3) is 10.2 Å². The van der Waals surface area contributed by atoms with E-state index in [4.69, 9.17) is 0 Å². The number of hydrogen-bond acceptors (Lipinski definition) is 2. The predicted molar refractivity (Wildman–Crippen MR) is 45.1 cm³/mol. The lowest BCUT2D eigenvalue weighted by Crippen LogP contribution is -2.37.